The minimum absolute atomic E-state index is 0.0228. The number of hydrogen-bond acceptors (Lipinski definition) is 3. The fourth-order valence-electron chi connectivity index (χ4n) is 2.27. The fourth-order valence-corrected chi connectivity index (χ4v) is 2.27. The third-order valence-electron chi connectivity index (χ3n) is 3.55. The number of anilines is 1. The van der Waals surface area contributed by atoms with Crippen molar-refractivity contribution >= 4 is 11.5 Å². The molecule has 1 saturated heterocycles. The van der Waals surface area contributed by atoms with E-state index < -0.39 is 0 Å². The molecule has 1 atom stereocenters. The SMILES string of the molecule is CCc1ccc(N(C)CC2COCCC2=O)cc1. The predicted molar refractivity (Wildman–Crippen MR) is 73.0 cm³/mol. The van der Waals surface area contributed by atoms with Crippen LogP contribution in [-0.4, -0.2) is 32.6 Å². The number of carbonyl (C=O) groups is 1. The van der Waals surface area contributed by atoms with Crippen LogP contribution in [0.5, 0.6) is 0 Å². The fraction of sp³-hybridized carbons (Fsp3) is 0.533. The van der Waals surface area contributed by atoms with Gasteiger partial charge in [0, 0.05) is 25.7 Å². The normalized spacial score (nSPS) is 19.9. The molecule has 3 heteroatoms. The van der Waals surface area contributed by atoms with Crippen LogP contribution < -0.4 is 4.90 Å². The van der Waals surface area contributed by atoms with Gasteiger partial charge in [0.05, 0.1) is 19.1 Å². The quantitative estimate of drug-likeness (QED) is 0.817. The van der Waals surface area contributed by atoms with Crippen molar-refractivity contribution in [2.75, 3.05) is 31.7 Å². The topological polar surface area (TPSA) is 29.5 Å². The monoisotopic (exact) mass is 247 g/mol. The lowest BCUT2D eigenvalue weighted by Gasteiger charge is -2.27. The number of ether oxygens (including phenoxy) is 1. The molecule has 0 saturated carbocycles. The first-order valence-corrected chi connectivity index (χ1v) is 6.61. The van der Waals surface area contributed by atoms with Gasteiger partial charge in [-0.05, 0) is 24.1 Å². The molecule has 1 aromatic rings. The van der Waals surface area contributed by atoms with Crippen molar-refractivity contribution in [3.63, 3.8) is 0 Å². The zero-order valence-electron chi connectivity index (χ0n) is 11.2. The summed E-state index contributed by atoms with van der Waals surface area (Å²) in [6.45, 7) is 4.04. The summed E-state index contributed by atoms with van der Waals surface area (Å²) in [5.41, 5.74) is 2.50. The van der Waals surface area contributed by atoms with Gasteiger partial charge in [-0.25, -0.2) is 0 Å². The van der Waals surface area contributed by atoms with Crippen molar-refractivity contribution in [3.05, 3.63) is 29.8 Å². The Morgan fingerprint density at radius 2 is 2.06 bits per heavy atom. The Balaban J connectivity index is 1.97. The summed E-state index contributed by atoms with van der Waals surface area (Å²) in [6.07, 6.45) is 1.62. The van der Waals surface area contributed by atoms with Crippen LogP contribution in [0, 0.1) is 5.92 Å². The highest BCUT2D eigenvalue weighted by molar-refractivity contribution is 5.82. The van der Waals surface area contributed by atoms with Gasteiger partial charge in [0.25, 0.3) is 0 Å². The van der Waals surface area contributed by atoms with Crippen molar-refractivity contribution in [1.29, 1.82) is 0 Å². The molecule has 1 aliphatic rings. The number of ketones is 1. The summed E-state index contributed by atoms with van der Waals surface area (Å²) in [5, 5.41) is 0. The van der Waals surface area contributed by atoms with Crippen molar-refractivity contribution in [2.24, 2.45) is 5.92 Å². The maximum absolute atomic E-state index is 11.8. The Morgan fingerprint density at radius 3 is 2.67 bits per heavy atom. The van der Waals surface area contributed by atoms with E-state index in [2.05, 4.69) is 36.1 Å². The van der Waals surface area contributed by atoms with Gasteiger partial charge in [-0.2, -0.15) is 0 Å². The first-order valence-electron chi connectivity index (χ1n) is 6.61. The minimum Gasteiger partial charge on any atom is -0.380 e. The van der Waals surface area contributed by atoms with Crippen molar-refractivity contribution in [1.82, 2.24) is 0 Å². The van der Waals surface area contributed by atoms with Gasteiger partial charge >= 0.3 is 0 Å². The third-order valence-corrected chi connectivity index (χ3v) is 3.55. The van der Waals surface area contributed by atoms with E-state index in [-0.39, 0.29) is 5.92 Å². The molecule has 0 spiro atoms. The van der Waals surface area contributed by atoms with E-state index in [9.17, 15) is 4.79 Å². The average Bonchev–Trinajstić information content (AvgIpc) is 2.41. The molecule has 2 rings (SSSR count). The van der Waals surface area contributed by atoms with Crippen LogP contribution in [0.15, 0.2) is 24.3 Å². The van der Waals surface area contributed by atoms with Gasteiger partial charge in [0.2, 0.25) is 0 Å². The molecule has 0 bridgehead atoms. The van der Waals surface area contributed by atoms with E-state index in [1.807, 2.05) is 7.05 Å². The molecule has 0 amide bonds. The molecular weight excluding hydrogens is 226 g/mol. The van der Waals surface area contributed by atoms with Gasteiger partial charge in [0.1, 0.15) is 5.78 Å². The molecule has 0 aromatic heterocycles. The highest BCUT2D eigenvalue weighted by Gasteiger charge is 2.24. The molecule has 18 heavy (non-hydrogen) atoms. The maximum atomic E-state index is 11.8. The molecule has 3 nitrogen and oxygen atoms in total. The van der Waals surface area contributed by atoms with Crippen molar-refractivity contribution in [2.45, 2.75) is 19.8 Å². The van der Waals surface area contributed by atoms with Crippen LogP contribution in [0.1, 0.15) is 18.9 Å². The van der Waals surface area contributed by atoms with Gasteiger partial charge in [-0.3, -0.25) is 4.79 Å². The Labute approximate surface area is 109 Å². The van der Waals surface area contributed by atoms with E-state index in [4.69, 9.17) is 4.74 Å². The van der Waals surface area contributed by atoms with E-state index in [1.165, 1.54) is 5.56 Å². The minimum atomic E-state index is 0.0228. The van der Waals surface area contributed by atoms with E-state index in [0.717, 1.165) is 18.7 Å². The van der Waals surface area contributed by atoms with Gasteiger partial charge in [0.15, 0.2) is 0 Å². The molecule has 0 N–H and O–H groups in total. The second kappa shape index (κ2) is 6.01. The molecule has 1 heterocycles. The van der Waals surface area contributed by atoms with Crippen LogP contribution in [0.4, 0.5) is 5.69 Å². The van der Waals surface area contributed by atoms with Crippen molar-refractivity contribution < 1.29 is 9.53 Å². The summed E-state index contributed by atoms with van der Waals surface area (Å²) in [7, 11) is 2.03. The van der Waals surface area contributed by atoms with Crippen LogP contribution in [0.2, 0.25) is 0 Å². The number of carbonyl (C=O) groups excluding carboxylic acids is 1. The Hall–Kier alpha value is -1.35. The number of Topliss-reactive ketones (excluding diaryl/α,β-unsaturated/α-hetero) is 1. The first kappa shape index (κ1) is 13.1. The summed E-state index contributed by atoms with van der Waals surface area (Å²) in [6, 6.07) is 8.52. The van der Waals surface area contributed by atoms with E-state index >= 15 is 0 Å². The second-order valence-electron chi connectivity index (χ2n) is 4.89. The predicted octanol–water partition coefficient (Wildman–Crippen LogP) is 2.29. The number of hydrogen-bond donors (Lipinski definition) is 0. The average molecular weight is 247 g/mol. The third kappa shape index (κ3) is 3.10. The summed E-state index contributed by atoms with van der Waals surface area (Å²) < 4.78 is 5.38. The van der Waals surface area contributed by atoms with Crippen LogP contribution in [-0.2, 0) is 16.0 Å². The maximum Gasteiger partial charge on any atom is 0.142 e. The first-order chi connectivity index (χ1) is 8.70. The van der Waals surface area contributed by atoms with E-state index in [1.54, 1.807) is 0 Å². The Kier molecular flexibility index (Phi) is 4.37. The molecule has 1 fully saturated rings. The van der Waals surface area contributed by atoms with Crippen molar-refractivity contribution in [3.8, 4) is 0 Å². The van der Waals surface area contributed by atoms with Crippen LogP contribution in [0.25, 0.3) is 0 Å². The number of benzene rings is 1. The number of aryl methyl sites for hydroxylation is 1. The molecule has 0 radical (unpaired) electrons. The Morgan fingerprint density at radius 1 is 1.33 bits per heavy atom. The molecule has 0 aliphatic carbocycles. The summed E-state index contributed by atoms with van der Waals surface area (Å²) in [4.78, 5) is 13.9. The van der Waals surface area contributed by atoms with Gasteiger partial charge in [-0.15, -0.1) is 0 Å². The lowest BCUT2D eigenvalue weighted by atomic mass is 10.00. The van der Waals surface area contributed by atoms with Crippen LogP contribution >= 0.6 is 0 Å². The zero-order chi connectivity index (χ0) is 13.0. The molecular formula is C15H21NO2. The molecule has 98 valence electrons. The van der Waals surface area contributed by atoms with E-state index in [0.29, 0.717) is 25.4 Å². The molecule has 1 aliphatic heterocycles. The standard InChI is InChI=1S/C15H21NO2/c1-3-12-4-6-14(7-5-12)16(2)10-13-11-18-9-8-15(13)17/h4-7,13H,3,8-11H2,1-2H3. The largest absolute Gasteiger partial charge is 0.380 e. The van der Waals surface area contributed by atoms with Gasteiger partial charge in [-0.1, -0.05) is 19.1 Å². The molecule has 1 aromatic carbocycles. The Bertz CT molecular complexity index is 399. The highest BCUT2D eigenvalue weighted by atomic mass is 16.5. The molecule has 1 unspecified atom stereocenters. The van der Waals surface area contributed by atoms with Gasteiger partial charge < -0.3 is 9.64 Å². The number of rotatable bonds is 4. The summed E-state index contributed by atoms with van der Waals surface area (Å²) >= 11 is 0. The summed E-state index contributed by atoms with van der Waals surface area (Å²) in [5.74, 6) is 0.355. The number of nitrogens with zero attached hydrogens (tertiary/aromatic N) is 1. The smallest absolute Gasteiger partial charge is 0.142 e. The highest BCUT2D eigenvalue weighted by Crippen LogP contribution is 2.18. The lowest BCUT2D eigenvalue weighted by molar-refractivity contribution is -0.129. The zero-order valence-corrected chi connectivity index (χ0v) is 11.2. The van der Waals surface area contributed by atoms with Crippen LogP contribution in [0.3, 0.4) is 0 Å². The lowest BCUT2D eigenvalue weighted by Crippen LogP contribution is -2.36. The second-order valence-corrected chi connectivity index (χ2v) is 4.89.